The standard InChI is InChI=1S/C16H22BrNO2/c1-11-8-15(17)6-5-13(11)9-16(20)18-7-3-4-14(10-18)12(2)19/h5-6,8,12,14,19H,3-4,7,9-10H2,1-2H3. The van der Waals surface area contributed by atoms with Gasteiger partial charge in [-0.1, -0.05) is 22.0 Å². The van der Waals surface area contributed by atoms with E-state index in [9.17, 15) is 9.90 Å². The maximum atomic E-state index is 12.4. The average Bonchev–Trinajstić information content (AvgIpc) is 2.42. The van der Waals surface area contributed by atoms with Crippen LogP contribution in [0.3, 0.4) is 0 Å². The lowest BCUT2D eigenvalue weighted by atomic mass is 9.93. The molecule has 1 amide bonds. The van der Waals surface area contributed by atoms with Crippen molar-refractivity contribution in [3.8, 4) is 0 Å². The summed E-state index contributed by atoms with van der Waals surface area (Å²) in [6.45, 7) is 5.35. The zero-order valence-electron chi connectivity index (χ0n) is 12.1. The molecule has 0 aliphatic carbocycles. The lowest BCUT2D eigenvalue weighted by Gasteiger charge is -2.34. The average molecular weight is 340 g/mol. The predicted octanol–water partition coefficient (Wildman–Crippen LogP) is 2.92. The van der Waals surface area contributed by atoms with Gasteiger partial charge in [-0.15, -0.1) is 0 Å². The van der Waals surface area contributed by atoms with Gasteiger partial charge in [0.25, 0.3) is 0 Å². The summed E-state index contributed by atoms with van der Waals surface area (Å²) in [5, 5.41) is 9.70. The van der Waals surface area contributed by atoms with Gasteiger partial charge in [0.05, 0.1) is 12.5 Å². The first-order chi connectivity index (χ1) is 9.47. The molecule has 0 bridgehead atoms. The number of rotatable bonds is 3. The lowest BCUT2D eigenvalue weighted by Crippen LogP contribution is -2.43. The van der Waals surface area contributed by atoms with Crippen LogP contribution in [0.1, 0.15) is 30.9 Å². The molecule has 110 valence electrons. The van der Waals surface area contributed by atoms with Crippen LogP contribution in [0.2, 0.25) is 0 Å². The van der Waals surface area contributed by atoms with Crippen LogP contribution in [-0.4, -0.2) is 35.1 Å². The van der Waals surface area contributed by atoms with Crippen LogP contribution in [0.4, 0.5) is 0 Å². The highest BCUT2D eigenvalue weighted by molar-refractivity contribution is 9.10. The smallest absolute Gasteiger partial charge is 0.227 e. The number of halogens is 1. The van der Waals surface area contributed by atoms with Crippen molar-refractivity contribution >= 4 is 21.8 Å². The Labute approximate surface area is 129 Å². The zero-order chi connectivity index (χ0) is 14.7. The molecule has 1 heterocycles. The summed E-state index contributed by atoms with van der Waals surface area (Å²) < 4.78 is 1.04. The van der Waals surface area contributed by atoms with Crippen LogP contribution in [-0.2, 0) is 11.2 Å². The molecule has 2 unspecified atom stereocenters. The molecule has 1 fully saturated rings. The number of carbonyl (C=O) groups is 1. The van der Waals surface area contributed by atoms with Gasteiger partial charge < -0.3 is 10.0 Å². The number of amides is 1. The second-order valence-corrected chi connectivity index (χ2v) is 6.65. The molecule has 2 rings (SSSR count). The number of aryl methyl sites for hydroxylation is 1. The van der Waals surface area contributed by atoms with Crippen molar-refractivity contribution in [1.29, 1.82) is 0 Å². The maximum Gasteiger partial charge on any atom is 0.227 e. The van der Waals surface area contributed by atoms with Crippen molar-refractivity contribution in [1.82, 2.24) is 4.90 Å². The number of carbonyl (C=O) groups excluding carboxylic acids is 1. The van der Waals surface area contributed by atoms with Gasteiger partial charge in [-0.3, -0.25) is 4.79 Å². The first kappa shape index (κ1) is 15.5. The third-order valence-electron chi connectivity index (χ3n) is 4.14. The molecule has 1 aromatic carbocycles. The molecule has 20 heavy (non-hydrogen) atoms. The third kappa shape index (κ3) is 3.83. The van der Waals surface area contributed by atoms with E-state index in [1.54, 1.807) is 0 Å². The molecule has 4 heteroatoms. The van der Waals surface area contributed by atoms with Gasteiger partial charge in [-0.05, 0) is 49.9 Å². The predicted molar refractivity (Wildman–Crippen MR) is 83.6 cm³/mol. The normalized spacial score (nSPS) is 20.8. The molecule has 1 saturated heterocycles. The molecule has 1 aromatic rings. The monoisotopic (exact) mass is 339 g/mol. The Morgan fingerprint density at radius 2 is 2.30 bits per heavy atom. The van der Waals surface area contributed by atoms with Crippen LogP contribution in [0.15, 0.2) is 22.7 Å². The van der Waals surface area contributed by atoms with Crippen molar-refractivity contribution in [3.63, 3.8) is 0 Å². The molecule has 0 radical (unpaired) electrons. The van der Waals surface area contributed by atoms with Crippen molar-refractivity contribution in [2.75, 3.05) is 13.1 Å². The van der Waals surface area contributed by atoms with E-state index in [0.29, 0.717) is 13.0 Å². The van der Waals surface area contributed by atoms with Crippen LogP contribution in [0.25, 0.3) is 0 Å². The quantitative estimate of drug-likeness (QED) is 0.919. The molecule has 3 nitrogen and oxygen atoms in total. The highest BCUT2D eigenvalue weighted by Gasteiger charge is 2.26. The Hall–Kier alpha value is -0.870. The maximum absolute atomic E-state index is 12.4. The molecule has 0 spiro atoms. The van der Waals surface area contributed by atoms with Gasteiger partial charge in [0, 0.05) is 23.5 Å². The van der Waals surface area contributed by atoms with E-state index in [2.05, 4.69) is 15.9 Å². The fraction of sp³-hybridized carbons (Fsp3) is 0.562. The highest BCUT2D eigenvalue weighted by atomic mass is 79.9. The summed E-state index contributed by atoms with van der Waals surface area (Å²) in [6.07, 6.45) is 2.12. The third-order valence-corrected chi connectivity index (χ3v) is 4.63. The summed E-state index contributed by atoms with van der Waals surface area (Å²) >= 11 is 3.44. The minimum absolute atomic E-state index is 0.167. The number of benzene rings is 1. The van der Waals surface area contributed by atoms with E-state index >= 15 is 0 Å². The van der Waals surface area contributed by atoms with Crippen LogP contribution in [0, 0.1) is 12.8 Å². The van der Waals surface area contributed by atoms with E-state index in [1.807, 2.05) is 36.9 Å². The Balaban J connectivity index is 2.00. The SMILES string of the molecule is Cc1cc(Br)ccc1CC(=O)N1CCCC(C(C)O)C1. The van der Waals surface area contributed by atoms with E-state index < -0.39 is 0 Å². The number of aliphatic hydroxyl groups is 1. The number of piperidine rings is 1. The summed E-state index contributed by atoms with van der Waals surface area (Å²) in [5.74, 6) is 0.388. The minimum Gasteiger partial charge on any atom is -0.393 e. The van der Waals surface area contributed by atoms with E-state index in [-0.39, 0.29) is 17.9 Å². The summed E-state index contributed by atoms with van der Waals surface area (Å²) in [7, 11) is 0. The molecule has 1 aliphatic heterocycles. The molecule has 1 aliphatic rings. The van der Waals surface area contributed by atoms with Crippen molar-refractivity contribution in [3.05, 3.63) is 33.8 Å². The fourth-order valence-corrected chi connectivity index (χ4v) is 3.24. The summed E-state index contributed by atoms with van der Waals surface area (Å²) in [6, 6.07) is 6.02. The topological polar surface area (TPSA) is 40.5 Å². The number of likely N-dealkylation sites (tertiary alicyclic amines) is 1. The van der Waals surface area contributed by atoms with Crippen molar-refractivity contribution < 1.29 is 9.90 Å². The van der Waals surface area contributed by atoms with E-state index in [1.165, 1.54) is 0 Å². The second-order valence-electron chi connectivity index (χ2n) is 5.73. The van der Waals surface area contributed by atoms with E-state index in [0.717, 1.165) is 35.0 Å². The number of hydrogen-bond acceptors (Lipinski definition) is 2. The number of aliphatic hydroxyl groups excluding tert-OH is 1. The Bertz CT molecular complexity index is 487. The molecule has 0 aromatic heterocycles. The minimum atomic E-state index is -0.333. The molecular weight excluding hydrogens is 318 g/mol. The Morgan fingerprint density at radius 3 is 2.95 bits per heavy atom. The van der Waals surface area contributed by atoms with Gasteiger partial charge in [0.2, 0.25) is 5.91 Å². The highest BCUT2D eigenvalue weighted by Crippen LogP contribution is 2.22. The lowest BCUT2D eigenvalue weighted by molar-refractivity contribution is -0.133. The van der Waals surface area contributed by atoms with Gasteiger partial charge in [-0.2, -0.15) is 0 Å². The first-order valence-electron chi connectivity index (χ1n) is 7.18. The van der Waals surface area contributed by atoms with Gasteiger partial charge in [0.15, 0.2) is 0 Å². The largest absolute Gasteiger partial charge is 0.393 e. The first-order valence-corrected chi connectivity index (χ1v) is 7.97. The molecule has 0 saturated carbocycles. The summed E-state index contributed by atoms with van der Waals surface area (Å²) in [4.78, 5) is 14.3. The molecular formula is C16H22BrNO2. The van der Waals surface area contributed by atoms with Gasteiger partial charge >= 0.3 is 0 Å². The zero-order valence-corrected chi connectivity index (χ0v) is 13.7. The van der Waals surface area contributed by atoms with Crippen molar-refractivity contribution in [2.24, 2.45) is 5.92 Å². The van der Waals surface area contributed by atoms with Crippen LogP contribution in [0.5, 0.6) is 0 Å². The molecule has 1 N–H and O–H groups in total. The second kappa shape index (κ2) is 6.72. The Kier molecular flexibility index (Phi) is 5.22. The summed E-state index contributed by atoms with van der Waals surface area (Å²) in [5.41, 5.74) is 2.22. The van der Waals surface area contributed by atoms with Crippen LogP contribution < -0.4 is 0 Å². The van der Waals surface area contributed by atoms with Gasteiger partial charge in [-0.25, -0.2) is 0 Å². The fourth-order valence-electron chi connectivity index (χ4n) is 2.76. The number of nitrogens with zero attached hydrogens (tertiary/aromatic N) is 1. The van der Waals surface area contributed by atoms with Crippen molar-refractivity contribution in [2.45, 2.75) is 39.2 Å². The molecule has 2 atom stereocenters. The van der Waals surface area contributed by atoms with Gasteiger partial charge in [0.1, 0.15) is 0 Å². The number of hydrogen-bond donors (Lipinski definition) is 1. The van der Waals surface area contributed by atoms with E-state index in [4.69, 9.17) is 0 Å². The Morgan fingerprint density at radius 1 is 1.55 bits per heavy atom. The van der Waals surface area contributed by atoms with Crippen LogP contribution >= 0.6 is 15.9 Å².